The Hall–Kier alpha value is -1.94. The van der Waals surface area contributed by atoms with Gasteiger partial charge in [0, 0.05) is 10.8 Å². The molecule has 2 atom stereocenters. The van der Waals surface area contributed by atoms with E-state index in [4.69, 9.17) is 0 Å². The van der Waals surface area contributed by atoms with Crippen LogP contribution in [0.5, 0.6) is 0 Å². The summed E-state index contributed by atoms with van der Waals surface area (Å²) in [5.74, 6) is 0.444. The lowest BCUT2D eigenvalue weighted by Crippen LogP contribution is -2.21. The highest BCUT2D eigenvalue weighted by Crippen LogP contribution is 2.47. The van der Waals surface area contributed by atoms with Crippen LogP contribution >= 0.6 is 11.3 Å². The number of nitrogens with one attached hydrogen (secondary N) is 1. The van der Waals surface area contributed by atoms with E-state index in [0.29, 0.717) is 5.92 Å². The van der Waals surface area contributed by atoms with Crippen molar-refractivity contribution in [3.8, 4) is 0 Å². The predicted molar refractivity (Wildman–Crippen MR) is 91.3 cm³/mol. The lowest BCUT2D eigenvalue weighted by atomic mass is 10.1. The van der Waals surface area contributed by atoms with Crippen molar-refractivity contribution in [2.45, 2.75) is 32.6 Å². The summed E-state index contributed by atoms with van der Waals surface area (Å²) < 4.78 is 0. The lowest BCUT2D eigenvalue weighted by Gasteiger charge is -2.01. The average Bonchev–Trinajstić information content (AvgIpc) is 3.22. The van der Waals surface area contributed by atoms with Crippen LogP contribution in [0.1, 0.15) is 41.5 Å². The maximum Gasteiger partial charge on any atom is 0.243 e. The molecule has 0 unspecified atom stereocenters. The van der Waals surface area contributed by atoms with Gasteiger partial charge in [-0.15, -0.1) is 11.3 Å². The van der Waals surface area contributed by atoms with Gasteiger partial charge in [0.05, 0.1) is 10.6 Å². The molecule has 114 valence electrons. The Morgan fingerprint density at radius 2 is 2.05 bits per heavy atom. The second kappa shape index (κ2) is 6.44. The molecule has 1 heterocycles. The van der Waals surface area contributed by atoms with E-state index in [1.54, 1.807) is 11.3 Å². The Morgan fingerprint density at radius 3 is 2.73 bits per heavy atom. The normalized spacial score (nSPS) is 20.7. The lowest BCUT2D eigenvalue weighted by molar-refractivity contribution is -0.122. The van der Waals surface area contributed by atoms with E-state index in [0.717, 1.165) is 23.4 Å². The van der Waals surface area contributed by atoms with Gasteiger partial charge in [0.1, 0.15) is 0 Å². The first kappa shape index (κ1) is 15.0. The molecule has 0 radical (unpaired) electrons. The number of thiophene rings is 1. The van der Waals surface area contributed by atoms with Crippen LogP contribution in [0.2, 0.25) is 0 Å². The third-order valence-electron chi connectivity index (χ3n) is 4.06. The Labute approximate surface area is 135 Å². The molecule has 0 bridgehead atoms. The molecular weight excluding hydrogens is 292 g/mol. The molecule has 0 saturated heterocycles. The van der Waals surface area contributed by atoms with Crippen molar-refractivity contribution in [1.82, 2.24) is 5.43 Å². The van der Waals surface area contributed by atoms with Crippen molar-refractivity contribution in [2.24, 2.45) is 11.0 Å². The van der Waals surface area contributed by atoms with Gasteiger partial charge in [0.2, 0.25) is 5.91 Å². The van der Waals surface area contributed by atoms with E-state index in [9.17, 15) is 4.79 Å². The summed E-state index contributed by atoms with van der Waals surface area (Å²) in [5, 5.41) is 4.26. The summed E-state index contributed by atoms with van der Waals surface area (Å²) in [7, 11) is 0. The van der Waals surface area contributed by atoms with Crippen molar-refractivity contribution in [3.05, 3.63) is 57.8 Å². The van der Waals surface area contributed by atoms with Gasteiger partial charge in [-0.25, -0.2) is 5.43 Å². The van der Waals surface area contributed by atoms with E-state index < -0.39 is 0 Å². The molecule has 0 aliphatic heterocycles. The van der Waals surface area contributed by atoms with Crippen LogP contribution in [-0.2, 0) is 11.2 Å². The standard InChI is InChI=1S/C18H20N2OS/c1-3-14-9-10-17(22-14)12(2)19-20-18(21)16-11-15(16)13-7-5-4-6-8-13/h4-10,15-16H,3,11H2,1-2H3,(H,20,21)/b19-12-/t15-,16+/m0/s1. The SMILES string of the molecule is CCc1ccc(/C(C)=N\NC(=O)[C@@H]2C[C@H]2c2ccccc2)s1. The zero-order valence-electron chi connectivity index (χ0n) is 12.9. The molecule has 1 amide bonds. The van der Waals surface area contributed by atoms with Crippen LogP contribution in [-0.4, -0.2) is 11.6 Å². The maximum absolute atomic E-state index is 12.2. The summed E-state index contributed by atoms with van der Waals surface area (Å²) >= 11 is 1.73. The Balaban J connectivity index is 1.58. The zero-order chi connectivity index (χ0) is 15.5. The third kappa shape index (κ3) is 3.28. The summed E-state index contributed by atoms with van der Waals surface area (Å²) in [6.07, 6.45) is 1.95. The minimum Gasteiger partial charge on any atom is -0.273 e. The van der Waals surface area contributed by atoms with Gasteiger partial charge >= 0.3 is 0 Å². The molecule has 2 aromatic rings. The van der Waals surface area contributed by atoms with Crippen LogP contribution in [0.15, 0.2) is 47.6 Å². The smallest absolute Gasteiger partial charge is 0.243 e. The minimum atomic E-state index is 0.0282. The van der Waals surface area contributed by atoms with E-state index in [1.165, 1.54) is 10.4 Å². The molecule has 1 fully saturated rings. The van der Waals surface area contributed by atoms with Gasteiger partial charge in [-0.2, -0.15) is 5.10 Å². The summed E-state index contributed by atoms with van der Waals surface area (Å²) in [6, 6.07) is 14.4. The summed E-state index contributed by atoms with van der Waals surface area (Å²) in [4.78, 5) is 14.6. The Morgan fingerprint density at radius 1 is 1.27 bits per heavy atom. The molecule has 1 aliphatic rings. The van der Waals surface area contributed by atoms with Gasteiger partial charge in [0.25, 0.3) is 0 Å². The van der Waals surface area contributed by atoms with Gasteiger partial charge in [-0.1, -0.05) is 37.3 Å². The number of hydrogen-bond donors (Lipinski definition) is 1. The average molecular weight is 312 g/mol. The van der Waals surface area contributed by atoms with E-state index in [-0.39, 0.29) is 11.8 Å². The third-order valence-corrected chi connectivity index (χ3v) is 5.39. The molecule has 22 heavy (non-hydrogen) atoms. The highest BCUT2D eigenvalue weighted by Gasteiger charge is 2.43. The van der Waals surface area contributed by atoms with Crippen LogP contribution in [0, 0.1) is 5.92 Å². The molecule has 1 aliphatic carbocycles. The monoisotopic (exact) mass is 312 g/mol. The van der Waals surface area contributed by atoms with Gasteiger partial charge in [0.15, 0.2) is 0 Å². The fraction of sp³-hybridized carbons (Fsp3) is 0.333. The largest absolute Gasteiger partial charge is 0.273 e. The number of benzene rings is 1. The van der Waals surface area contributed by atoms with Gasteiger partial charge in [-0.3, -0.25) is 4.79 Å². The number of hydrogen-bond acceptors (Lipinski definition) is 3. The fourth-order valence-electron chi connectivity index (χ4n) is 2.59. The number of nitrogens with zero attached hydrogens (tertiary/aromatic N) is 1. The molecule has 1 saturated carbocycles. The molecule has 4 heteroatoms. The van der Waals surface area contributed by atoms with Crippen molar-refractivity contribution < 1.29 is 4.79 Å². The fourth-order valence-corrected chi connectivity index (χ4v) is 3.49. The molecule has 0 spiro atoms. The summed E-state index contributed by atoms with van der Waals surface area (Å²) in [5.41, 5.74) is 4.84. The number of carbonyl (C=O) groups excluding carboxylic acids is 1. The van der Waals surface area contributed by atoms with Crippen molar-refractivity contribution in [2.75, 3.05) is 0 Å². The first-order valence-corrected chi connectivity index (χ1v) is 8.49. The number of carbonyl (C=O) groups is 1. The molecule has 1 aromatic carbocycles. The van der Waals surface area contributed by atoms with Crippen LogP contribution in [0.4, 0.5) is 0 Å². The Kier molecular flexibility index (Phi) is 4.39. The number of rotatable bonds is 5. The molecule has 3 nitrogen and oxygen atoms in total. The first-order valence-electron chi connectivity index (χ1n) is 7.67. The maximum atomic E-state index is 12.2. The molecule has 1 aromatic heterocycles. The topological polar surface area (TPSA) is 41.5 Å². The van der Waals surface area contributed by atoms with Crippen LogP contribution in [0.3, 0.4) is 0 Å². The highest BCUT2D eigenvalue weighted by atomic mass is 32.1. The van der Waals surface area contributed by atoms with Crippen molar-refractivity contribution in [1.29, 1.82) is 0 Å². The number of hydrazone groups is 1. The second-order valence-electron chi connectivity index (χ2n) is 5.65. The quantitative estimate of drug-likeness (QED) is 0.659. The van der Waals surface area contributed by atoms with Crippen molar-refractivity contribution in [3.63, 3.8) is 0 Å². The minimum absolute atomic E-state index is 0.0282. The van der Waals surface area contributed by atoms with Gasteiger partial charge in [-0.05, 0) is 43.4 Å². The molecule has 3 rings (SSSR count). The summed E-state index contributed by atoms with van der Waals surface area (Å²) in [6.45, 7) is 4.08. The number of aryl methyl sites for hydroxylation is 1. The van der Waals surface area contributed by atoms with E-state index in [1.807, 2.05) is 25.1 Å². The second-order valence-corrected chi connectivity index (χ2v) is 6.82. The molecular formula is C18H20N2OS. The van der Waals surface area contributed by atoms with E-state index >= 15 is 0 Å². The predicted octanol–water partition coefficient (Wildman–Crippen LogP) is 3.95. The van der Waals surface area contributed by atoms with Crippen molar-refractivity contribution >= 4 is 23.0 Å². The molecule has 1 N–H and O–H groups in total. The number of amides is 1. The van der Waals surface area contributed by atoms with Crippen LogP contribution in [0.25, 0.3) is 0 Å². The van der Waals surface area contributed by atoms with Crippen LogP contribution < -0.4 is 5.43 Å². The zero-order valence-corrected chi connectivity index (χ0v) is 13.7. The Bertz CT molecular complexity index is 690. The van der Waals surface area contributed by atoms with E-state index in [2.05, 4.69) is 41.7 Å². The van der Waals surface area contributed by atoms with Gasteiger partial charge < -0.3 is 0 Å². The first-order chi connectivity index (χ1) is 10.7. The highest BCUT2D eigenvalue weighted by molar-refractivity contribution is 7.14.